The molecule has 4 rings (SSSR count). The lowest BCUT2D eigenvalue weighted by atomic mass is 9.95. The Hall–Kier alpha value is -2.07. The minimum atomic E-state index is 1.11. The molecule has 0 N–H and O–H groups in total. The van der Waals surface area contributed by atoms with E-state index < -0.39 is 0 Å². The minimum absolute atomic E-state index is 1.11. The summed E-state index contributed by atoms with van der Waals surface area (Å²) in [6.07, 6.45) is 6.74. The third-order valence-corrected chi connectivity index (χ3v) is 5.54. The quantitative estimate of drug-likeness (QED) is 0.331. The van der Waals surface area contributed by atoms with Crippen LogP contribution in [0.3, 0.4) is 0 Å². The normalized spacial score (nSPS) is 12.7. The van der Waals surface area contributed by atoms with Gasteiger partial charge in [-0.05, 0) is 53.3 Å². The summed E-state index contributed by atoms with van der Waals surface area (Å²) >= 11 is 2.42. The molecule has 0 fully saturated rings. The molecular formula is C22H18IN. The third kappa shape index (κ3) is 2.98. The van der Waals surface area contributed by atoms with E-state index in [1.807, 2.05) is 0 Å². The maximum atomic E-state index is 2.42. The molecule has 3 aromatic carbocycles. The SMILES string of the molecule is IN(c1ccc(-c2ccccc2)cc1)c1cccc2c1CCC=C2. The fourth-order valence-corrected chi connectivity index (χ4v) is 3.97. The van der Waals surface area contributed by atoms with Crippen LogP contribution in [-0.2, 0) is 6.42 Å². The summed E-state index contributed by atoms with van der Waals surface area (Å²) in [4.78, 5) is 0. The molecule has 118 valence electrons. The van der Waals surface area contributed by atoms with Crippen LogP contribution in [-0.4, -0.2) is 0 Å². The van der Waals surface area contributed by atoms with Crippen molar-refractivity contribution in [1.82, 2.24) is 0 Å². The molecule has 3 aromatic rings. The van der Waals surface area contributed by atoms with E-state index in [0.717, 1.165) is 12.8 Å². The van der Waals surface area contributed by atoms with E-state index in [9.17, 15) is 0 Å². The lowest BCUT2D eigenvalue weighted by Crippen LogP contribution is -2.07. The van der Waals surface area contributed by atoms with Crippen LogP contribution in [0.1, 0.15) is 17.5 Å². The molecular weight excluding hydrogens is 405 g/mol. The number of anilines is 2. The van der Waals surface area contributed by atoms with Gasteiger partial charge < -0.3 is 0 Å². The van der Waals surface area contributed by atoms with E-state index in [0.29, 0.717) is 0 Å². The third-order valence-electron chi connectivity index (χ3n) is 4.46. The number of halogens is 1. The van der Waals surface area contributed by atoms with E-state index in [1.165, 1.54) is 33.6 Å². The maximum absolute atomic E-state index is 2.42. The van der Waals surface area contributed by atoms with Crippen molar-refractivity contribution in [2.45, 2.75) is 12.8 Å². The zero-order valence-corrected chi connectivity index (χ0v) is 15.5. The van der Waals surface area contributed by atoms with Gasteiger partial charge in [0.05, 0.1) is 34.2 Å². The molecule has 24 heavy (non-hydrogen) atoms. The zero-order valence-electron chi connectivity index (χ0n) is 13.3. The Bertz CT molecular complexity index is 866. The lowest BCUT2D eigenvalue weighted by Gasteiger charge is -2.23. The second kappa shape index (κ2) is 6.81. The minimum Gasteiger partial charge on any atom is -0.283 e. The van der Waals surface area contributed by atoms with Gasteiger partial charge in [0.25, 0.3) is 0 Å². The van der Waals surface area contributed by atoms with Crippen LogP contribution in [0.15, 0.2) is 78.9 Å². The summed E-state index contributed by atoms with van der Waals surface area (Å²) in [6, 6.07) is 25.9. The fourth-order valence-electron chi connectivity index (χ4n) is 3.20. The molecule has 1 aliphatic rings. The molecule has 0 saturated heterocycles. The molecule has 0 unspecified atom stereocenters. The molecule has 1 nitrogen and oxygen atoms in total. The first-order valence-electron chi connectivity index (χ1n) is 8.23. The predicted molar refractivity (Wildman–Crippen MR) is 112 cm³/mol. The molecule has 1 aliphatic carbocycles. The van der Waals surface area contributed by atoms with Crippen LogP contribution in [0.25, 0.3) is 17.2 Å². The highest BCUT2D eigenvalue weighted by atomic mass is 127. The number of fused-ring (bicyclic) bond motifs is 1. The summed E-state index contributed by atoms with van der Waals surface area (Å²) in [5.41, 5.74) is 7.81. The van der Waals surface area contributed by atoms with Gasteiger partial charge in [-0.2, -0.15) is 0 Å². The van der Waals surface area contributed by atoms with Crippen LogP contribution in [0.5, 0.6) is 0 Å². The van der Waals surface area contributed by atoms with Crippen molar-refractivity contribution in [2.75, 3.05) is 3.11 Å². The molecule has 0 radical (unpaired) electrons. The van der Waals surface area contributed by atoms with Gasteiger partial charge in [-0.25, -0.2) is 0 Å². The second-order valence-corrected chi connectivity index (χ2v) is 6.94. The Morgan fingerprint density at radius 3 is 2.29 bits per heavy atom. The van der Waals surface area contributed by atoms with Gasteiger partial charge in [0.15, 0.2) is 0 Å². The fraction of sp³-hybridized carbons (Fsp3) is 0.0909. The van der Waals surface area contributed by atoms with Crippen molar-refractivity contribution in [3.8, 4) is 11.1 Å². The Kier molecular flexibility index (Phi) is 4.39. The number of benzene rings is 3. The van der Waals surface area contributed by atoms with E-state index in [1.54, 1.807) is 0 Å². The second-order valence-electron chi connectivity index (χ2n) is 5.98. The van der Waals surface area contributed by atoms with Crippen LogP contribution in [0, 0.1) is 0 Å². The van der Waals surface area contributed by atoms with Crippen molar-refractivity contribution >= 4 is 40.3 Å². The Labute approximate surface area is 157 Å². The molecule has 0 heterocycles. The zero-order chi connectivity index (χ0) is 16.4. The molecule has 0 bridgehead atoms. The van der Waals surface area contributed by atoms with Crippen molar-refractivity contribution in [3.05, 3.63) is 90.0 Å². The number of allylic oxidation sites excluding steroid dienone is 1. The summed E-state index contributed by atoms with van der Waals surface area (Å²) in [7, 11) is 0. The molecule has 0 spiro atoms. The number of nitrogens with zero attached hydrogens (tertiary/aromatic N) is 1. The van der Waals surface area contributed by atoms with Crippen LogP contribution >= 0.6 is 22.9 Å². The molecule has 0 amide bonds. The first-order chi connectivity index (χ1) is 11.8. The predicted octanol–water partition coefficient (Wildman–Crippen LogP) is 6.80. The Morgan fingerprint density at radius 2 is 1.50 bits per heavy atom. The molecule has 0 atom stereocenters. The van der Waals surface area contributed by atoms with E-state index in [-0.39, 0.29) is 0 Å². The number of hydrogen-bond acceptors (Lipinski definition) is 1. The highest BCUT2D eigenvalue weighted by Gasteiger charge is 2.14. The standard InChI is InChI=1S/C22H18IN/c23-24(22-12-6-10-19-9-4-5-11-21(19)22)20-15-13-18(14-16-20)17-7-2-1-3-8-17/h1-4,6-10,12-16H,5,11H2. The van der Waals surface area contributed by atoms with Gasteiger partial charge in [-0.15, -0.1) is 0 Å². The Balaban J connectivity index is 1.66. The first kappa shape index (κ1) is 15.5. The highest BCUT2D eigenvalue weighted by Crippen LogP contribution is 2.37. The smallest absolute Gasteiger partial charge is 0.0646 e. The summed E-state index contributed by atoms with van der Waals surface area (Å²) in [5.74, 6) is 0. The van der Waals surface area contributed by atoms with Crippen molar-refractivity contribution in [3.63, 3.8) is 0 Å². The number of rotatable bonds is 3. The maximum Gasteiger partial charge on any atom is 0.0646 e. The monoisotopic (exact) mass is 423 g/mol. The summed E-state index contributed by atoms with van der Waals surface area (Å²) in [6.45, 7) is 0. The average molecular weight is 423 g/mol. The largest absolute Gasteiger partial charge is 0.283 e. The topological polar surface area (TPSA) is 3.24 Å². The highest BCUT2D eigenvalue weighted by molar-refractivity contribution is 14.1. The van der Waals surface area contributed by atoms with Gasteiger partial charge >= 0.3 is 0 Å². The van der Waals surface area contributed by atoms with Gasteiger partial charge in [-0.3, -0.25) is 3.11 Å². The van der Waals surface area contributed by atoms with Gasteiger partial charge in [0, 0.05) is 0 Å². The van der Waals surface area contributed by atoms with Gasteiger partial charge in [0.2, 0.25) is 0 Å². The lowest BCUT2D eigenvalue weighted by molar-refractivity contribution is 0.985. The van der Waals surface area contributed by atoms with Gasteiger partial charge in [0.1, 0.15) is 0 Å². The van der Waals surface area contributed by atoms with E-state index in [2.05, 4.69) is 111 Å². The van der Waals surface area contributed by atoms with Crippen molar-refractivity contribution in [1.29, 1.82) is 0 Å². The number of hydrogen-bond donors (Lipinski definition) is 0. The first-order valence-corrected chi connectivity index (χ1v) is 9.19. The van der Waals surface area contributed by atoms with Crippen molar-refractivity contribution < 1.29 is 0 Å². The molecule has 0 aliphatic heterocycles. The Morgan fingerprint density at radius 1 is 0.750 bits per heavy atom. The van der Waals surface area contributed by atoms with Crippen molar-refractivity contribution in [2.24, 2.45) is 0 Å². The van der Waals surface area contributed by atoms with E-state index in [4.69, 9.17) is 0 Å². The molecule has 2 heteroatoms. The summed E-state index contributed by atoms with van der Waals surface area (Å²) in [5, 5.41) is 0. The van der Waals surface area contributed by atoms with Crippen LogP contribution in [0.4, 0.5) is 11.4 Å². The summed E-state index contributed by atoms with van der Waals surface area (Å²) < 4.78 is 2.27. The average Bonchev–Trinajstić information content (AvgIpc) is 2.68. The van der Waals surface area contributed by atoms with E-state index >= 15 is 0 Å². The van der Waals surface area contributed by atoms with Crippen LogP contribution < -0.4 is 3.11 Å². The molecule has 0 saturated carbocycles. The van der Waals surface area contributed by atoms with Crippen LogP contribution in [0.2, 0.25) is 0 Å². The molecule has 0 aromatic heterocycles. The van der Waals surface area contributed by atoms with Gasteiger partial charge in [-0.1, -0.05) is 66.7 Å².